The van der Waals surface area contributed by atoms with Crippen LogP contribution in [0.15, 0.2) is 0 Å². The van der Waals surface area contributed by atoms with Crippen molar-refractivity contribution in [1.82, 2.24) is 10.2 Å². The fourth-order valence-corrected chi connectivity index (χ4v) is 2.04. The third-order valence-corrected chi connectivity index (χ3v) is 3.25. The SMILES string of the molecule is CC(NC(=O)N1CCC(C(=O)O)CC1C)C(N)=O. The summed E-state index contributed by atoms with van der Waals surface area (Å²) in [7, 11) is 0. The third kappa shape index (κ3) is 3.35. The van der Waals surface area contributed by atoms with Crippen LogP contribution in [0.25, 0.3) is 0 Å². The van der Waals surface area contributed by atoms with Crippen molar-refractivity contribution in [1.29, 1.82) is 0 Å². The maximum absolute atomic E-state index is 11.9. The highest BCUT2D eigenvalue weighted by Crippen LogP contribution is 2.22. The molecule has 0 aromatic heterocycles. The van der Waals surface area contributed by atoms with Crippen molar-refractivity contribution in [2.24, 2.45) is 11.7 Å². The second-order valence-corrected chi connectivity index (χ2v) is 4.68. The molecule has 1 fully saturated rings. The fourth-order valence-electron chi connectivity index (χ4n) is 2.04. The number of rotatable bonds is 3. The van der Waals surface area contributed by atoms with E-state index in [9.17, 15) is 14.4 Å². The predicted molar refractivity (Wildman–Crippen MR) is 63.7 cm³/mol. The molecule has 0 aliphatic carbocycles. The lowest BCUT2D eigenvalue weighted by atomic mass is 9.92. The summed E-state index contributed by atoms with van der Waals surface area (Å²) < 4.78 is 0. The molecule has 0 aromatic carbocycles. The van der Waals surface area contributed by atoms with Gasteiger partial charge in [0.05, 0.1) is 5.92 Å². The number of likely N-dealkylation sites (tertiary alicyclic amines) is 1. The molecular formula is C11H19N3O4. The predicted octanol–water partition coefficient (Wildman–Crippen LogP) is -0.245. The highest BCUT2D eigenvalue weighted by molar-refractivity contribution is 5.85. The summed E-state index contributed by atoms with van der Waals surface area (Å²) in [5.41, 5.74) is 5.06. The minimum Gasteiger partial charge on any atom is -0.481 e. The van der Waals surface area contributed by atoms with Crippen LogP contribution in [0.5, 0.6) is 0 Å². The van der Waals surface area contributed by atoms with E-state index in [0.717, 1.165) is 0 Å². The summed E-state index contributed by atoms with van der Waals surface area (Å²) in [6.45, 7) is 3.67. The van der Waals surface area contributed by atoms with Gasteiger partial charge in [-0.1, -0.05) is 0 Å². The van der Waals surface area contributed by atoms with E-state index in [-0.39, 0.29) is 12.1 Å². The molecule has 0 spiro atoms. The Morgan fingerprint density at radius 2 is 2.06 bits per heavy atom. The summed E-state index contributed by atoms with van der Waals surface area (Å²) in [5.74, 6) is -1.83. The second-order valence-electron chi connectivity index (χ2n) is 4.68. The molecule has 18 heavy (non-hydrogen) atoms. The Balaban J connectivity index is 2.56. The first kappa shape index (κ1) is 14.3. The lowest BCUT2D eigenvalue weighted by molar-refractivity contribution is -0.143. The minimum atomic E-state index is -0.826. The number of amides is 3. The highest BCUT2D eigenvalue weighted by atomic mass is 16.4. The number of hydrogen-bond donors (Lipinski definition) is 3. The van der Waals surface area contributed by atoms with Gasteiger partial charge in [0.15, 0.2) is 0 Å². The van der Waals surface area contributed by atoms with Crippen LogP contribution >= 0.6 is 0 Å². The van der Waals surface area contributed by atoms with E-state index in [1.165, 1.54) is 6.92 Å². The van der Waals surface area contributed by atoms with Gasteiger partial charge in [-0.05, 0) is 26.7 Å². The molecule has 3 amide bonds. The zero-order valence-corrected chi connectivity index (χ0v) is 10.5. The van der Waals surface area contributed by atoms with Crippen LogP contribution < -0.4 is 11.1 Å². The molecule has 0 bridgehead atoms. The largest absolute Gasteiger partial charge is 0.481 e. The molecule has 7 nitrogen and oxygen atoms in total. The van der Waals surface area contributed by atoms with Crippen LogP contribution in [-0.4, -0.2) is 46.5 Å². The van der Waals surface area contributed by atoms with Gasteiger partial charge >= 0.3 is 12.0 Å². The van der Waals surface area contributed by atoms with Crippen LogP contribution in [0.1, 0.15) is 26.7 Å². The molecule has 1 aliphatic rings. The lowest BCUT2D eigenvalue weighted by Gasteiger charge is -2.36. The molecule has 0 saturated carbocycles. The van der Waals surface area contributed by atoms with Crippen molar-refractivity contribution < 1.29 is 19.5 Å². The molecule has 4 N–H and O–H groups in total. The number of urea groups is 1. The van der Waals surface area contributed by atoms with Crippen LogP contribution in [0.4, 0.5) is 4.79 Å². The van der Waals surface area contributed by atoms with Crippen LogP contribution in [0.3, 0.4) is 0 Å². The zero-order chi connectivity index (χ0) is 13.9. The standard InChI is InChI=1S/C11H19N3O4/c1-6-5-8(10(16)17)3-4-14(6)11(18)13-7(2)9(12)15/h6-8H,3-5H2,1-2H3,(H2,12,15)(H,13,18)(H,16,17). The van der Waals surface area contributed by atoms with Gasteiger partial charge in [0, 0.05) is 12.6 Å². The fraction of sp³-hybridized carbons (Fsp3) is 0.727. The molecule has 0 aromatic rings. The number of nitrogens with zero attached hydrogens (tertiary/aromatic N) is 1. The number of aliphatic carboxylic acids is 1. The quantitative estimate of drug-likeness (QED) is 0.647. The third-order valence-electron chi connectivity index (χ3n) is 3.25. The second kappa shape index (κ2) is 5.70. The van der Waals surface area contributed by atoms with E-state index in [2.05, 4.69) is 5.32 Å². The Bertz CT molecular complexity index is 358. The molecule has 1 aliphatic heterocycles. The van der Waals surface area contributed by atoms with Crippen molar-refractivity contribution in [3.63, 3.8) is 0 Å². The van der Waals surface area contributed by atoms with Crippen LogP contribution in [0, 0.1) is 5.92 Å². The molecular weight excluding hydrogens is 238 g/mol. The van der Waals surface area contributed by atoms with Gasteiger partial charge in [-0.2, -0.15) is 0 Å². The number of nitrogens with two attached hydrogens (primary N) is 1. The number of primary amides is 1. The summed E-state index contributed by atoms with van der Waals surface area (Å²) in [6.07, 6.45) is 0.853. The number of carboxylic acid groups (broad SMARTS) is 1. The van der Waals surface area contributed by atoms with Crippen LogP contribution in [0.2, 0.25) is 0 Å². The molecule has 3 unspecified atom stereocenters. The van der Waals surface area contributed by atoms with Gasteiger partial charge in [-0.25, -0.2) is 4.79 Å². The average Bonchev–Trinajstić information content (AvgIpc) is 2.28. The molecule has 102 valence electrons. The smallest absolute Gasteiger partial charge is 0.318 e. The molecule has 1 rings (SSSR count). The Morgan fingerprint density at radius 1 is 1.44 bits per heavy atom. The maximum Gasteiger partial charge on any atom is 0.318 e. The van der Waals surface area contributed by atoms with Crippen molar-refractivity contribution in [3.8, 4) is 0 Å². The summed E-state index contributed by atoms with van der Waals surface area (Å²) in [4.78, 5) is 35.1. The number of carboxylic acids is 1. The van der Waals surface area contributed by atoms with Gasteiger partial charge in [0.25, 0.3) is 0 Å². The number of carbonyl (C=O) groups excluding carboxylic acids is 2. The van der Waals surface area contributed by atoms with E-state index in [1.807, 2.05) is 0 Å². The topological polar surface area (TPSA) is 113 Å². The summed E-state index contributed by atoms with van der Waals surface area (Å²) >= 11 is 0. The molecule has 7 heteroatoms. The van der Waals surface area contributed by atoms with E-state index in [4.69, 9.17) is 10.8 Å². The van der Waals surface area contributed by atoms with Gasteiger partial charge in [-0.3, -0.25) is 9.59 Å². The van der Waals surface area contributed by atoms with Gasteiger partial charge in [0.1, 0.15) is 6.04 Å². The van der Waals surface area contributed by atoms with Gasteiger partial charge < -0.3 is 21.1 Å². The average molecular weight is 257 g/mol. The van der Waals surface area contributed by atoms with Crippen molar-refractivity contribution in [2.45, 2.75) is 38.8 Å². The van der Waals surface area contributed by atoms with Crippen molar-refractivity contribution in [3.05, 3.63) is 0 Å². The van der Waals surface area contributed by atoms with Crippen molar-refractivity contribution >= 4 is 17.9 Å². The number of piperidine rings is 1. The normalized spacial score (nSPS) is 25.3. The maximum atomic E-state index is 11.9. The van der Waals surface area contributed by atoms with Crippen LogP contribution in [-0.2, 0) is 9.59 Å². The first-order valence-electron chi connectivity index (χ1n) is 5.92. The summed E-state index contributed by atoms with van der Waals surface area (Å²) in [5, 5.41) is 11.4. The molecule has 3 atom stereocenters. The Hall–Kier alpha value is -1.79. The van der Waals surface area contributed by atoms with E-state index in [1.54, 1.807) is 11.8 Å². The Labute approximate surface area is 105 Å². The number of hydrogen-bond acceptors (Lipinski definition) is 3. The minimum absolute atomic E-state index is 0.167. The molecule has 0 radical (unpaired) electrons. The summed E-state index contributed by atoms with van der Waals surface area (Å²) in [6, 6.07) is -1.28. The number of nitrogens with one attached hydrogen (secondary N) is 1. The van der Waals surface area contributed by atoms with E-state index < -0.39 is 23.8 Å². The van der Waals surface area contributed by atoms with Gasteiger partial charge in [0.2, 0.25) is 5.91 Å². The van der Waals surface area contributed by atoms with E-state index >= 15 is 0 Å². The monoisotopic (exact) mass is 257 g/mol. The zero-order valence-electron chi connectivity index (χ0n) is 10.5. The van der Waals surface area contributed by atoms with E-state index in [0.29, 0.717) is 19.4 Å². The van der Waals surface area contributed by atoms with Crippen molar-refractivity contribution in [2.75, 3.05) is 6.54 Å². The first-order chi connectivity index (χ1) is 8.32. The Morgan fingerprint density at radius 3 is 2.50 bits per heavy atom. The molecule has 1 heterocycles. The number of carbonyl (C=O) groups is 3. The van der Waals surface area contributed by atoms with Gasteiger partial charge in [-0.15, -0.1) is 0 Å². The lowest BCUT2D eigenvalue weighted by Crippen LogP contribution is -2.54. The Kier molecular flexibility index (Phi) is 4.52. The highest BCUT2D eigenvalue weighted by Gasteiger charge is 2.32. The molecule has 1 saturated heterocycles. The first-order valence-corrected chi connectivity index (χ1v) is 5.92.